The van der Waals surface area contributed by atoms with E-state index in [0.717, 1.165) is 30.7 Å². The molecule has 0 amide bonds. The van der Waals surface area contributed by atoms with Crippen LogP contribution >= 0.6 is 15.9 Å². The molecule has 28 heavy (non-hydrogen) atoms. The Kier molecular flexibility index (Phi) is 6.21. The molecule has 2 aliphatic rings. The number of aliphatic hydroxyl groups is 1. The zero-order chi connectivity index (χ0) is 19.7. The predicted octanol–water partition coefficient (Wildman–Crippen LogP) is 4.57. The Morgan fingerprint density at radius 1 is 1.04 bits per heavy atom. The summed E-state index contributed by atoms with van der Waals surface area (Å²) in [4.78, 5) is 5.22. The van der Waals surface area contributed by atoms with Gasteiger partial charge in [-0.1, -0.05) is 72.2 Å². The van der Waals surface area contributed by atoms with E-state index in [4.69, 9.17) is 0 Å². The normalized spacial score (nSPS) is 29.7. The molecule has 0 unspecified atom stereocenters. The van der Waals surface area contributed by atoms with Crippen LogP contribution in [-0.4, -0.2) is 47.2 Å². The maximum absolute atomic E-state index is 10.2. The van der Waals surface area contributed by atoms with Crippen LogP contribution in [0.5, 0.6) is 0 Å². The number of hydrogen-bond acceptors (Lipinski definition) is 3. The molecule has 0 spiro atoms. The molecule has 1 aliphatic heterocycles. The summed E-state index contributed by atoms with van der Waals surface area (Å²) < 4.78 is 1.13. The van der Waals surface area contributed by atoms with Crippen LogP contribution in [0, 0.1) is 17.8 Å². The second-order valence-electron chi connectivity index (χ2n) is 8.21. The fourth-order valence-corrected chi connectivity index (χ4v) is 5.98. The molecule has 1 N–H and O–H groups in total. The Hall–Kier alpha value is -1.20. The van der Waals surface area contributed by atoms with Crippen LogP contribution in [0.15, 0.2) is 59.1 Å². The quantitative estimate of drug-likeness (QED) is 0.679. The first-order chi connectivity index (χ1) is 13.7. The lowest BCUT2D eigenvalue weighted by molar-refractivity contribution is -0.0708. The Balaban J connectivity index is 1.68. The van der Waals surface area contributed by atoms with Gasteiger partial charge in [-0.3, -0.25) is 4.90 Å². The number of aliphatic hydroxyl groups excluding tert-OH is 1. The van der Waals surface area contributed by atoms with Crippen molar-refractivity contribution < 1.29 is 5.11 Å². The molecule has 4 heteroatoms. The van der Waals surface area contributed by atoms with Crippen molar-refractivity contribution in [3.05, 3.63) is 70.2 Å². The lowest BCUT2D eigenvalue weighted by Gasteiger charge is -2.54. The highest BCUT2D eigenvalue weighted by molar-refractivity contribution is 9.10. The molecular weight excluding hydrogens is 412 g/mol. The highest BCUT2D eigenvalue weighted by Crippen LogP contribution is 2.57. The van der Waals surface area contributed by atoms with Gasteiger partial charge in [0.25, 0.3) is 0 Å². The van der Waals surface area contributed by atoms with Gasteiger partial charge in [-0.25, -0.2) is 0 Å². The molecular formula is C24H31BrN2O. The van der Waals surface area contributed by atoms with Gasteiger partial charge in [0.1, 0.15) is 0 Å². The van der Waals surface area contributed by atoms with Gasteiger partial charge in [0.05, 0.1) is 0 Å². The SMILES string of the molecule is CCN(CC)[C@@H]1[C@@H](CO)[C@H]2CN(Cc3ccccc3)[C@H](c3ccc(Br)cc3)[C@H]21. The third-order valence-corrected chi connectivity index (χ3v) is 7.49. The van der Waals surface area contributed by atoms with Crippen LogP contribution in [0.3, 0.4) is 0 Å². The Morgan fingerprint density at radius 3 is 2.32 bits per heavy atom. The third kappa shape index (κ3) is 3.56. The van der Waals surface area contributed by atoms with Gasteiger partial charge < -0.3 is 10.0 Å². The second-order valence-corrected chi connectivity index (χ2v) is 9.13. The minimum absolute atomic E-state index is 0.300. The van der Waals surface area contributed by atoms with Gasteiger partial charge in [-0.2, -0.15) is 0 Å². The molecule has 0 bridgehead atoms. The van der Waals surface area contributed by atoms with Crippen LogP contribution in [0.4, 0.5) is 0 Å². The molecule has 0 radical (unpaired) electrons. The number of nitrogens with zero attached hydrogens (tertiary/aromatic N) is 2. The highest BCUT2D eigenvalue weighted by Gasteiger charge is 2.60. The topological polar surface area (TPSA) is 26.7 Å². The van der Waals surface area contributed by atoms with Crippen molar-refractivity contribution in [2.75, 3.05) is 26.2 Å². The molecule has 3 nitrogen and oxygen atoms in total. The van der Waals surface area contributed by atoms with Gasteiger partial charge in [0.2, 0.25) is 0 Å². The van der Waals surface area contributed by atoms with Crippen LogP contribution in [-0.2, 0) is 6.54 Å². The molecule has 4 rings (SSSR count). The summed E-state index contributed by atoms with van der Waals surface area (Å²) in [6.45, 7) is 8.93. The molecule has 5 atom stereocenters. The molecule has 0 aromatic heterocycles. The molecule has 1 saturated heterocycles. The van der Waals surface area contributed by atoms with Gasteiger partial charge >= 0.3 is 0 Å². The number of halogens is 1. The summed E-state index contributed by atoms with van der Waals surface area (Å²) in [7, 11) is 0. The first kappa shape index (κ1) is 20.1. The fourth-order valence-electron chi connectivity index (χ4n) is 5.71. The lowest BCUT2D eigenvalue weighted by Crippen LogP contribution is -2.61. The van der Waals surface area contributed by atoms with E-state index in [1.807, 2.05) is 0 Å². The Morgan fingerprint density at radius 2 is 1.71 bits per heavy atom. The van der Waals surface area contributed by atoms with E-state index in [2.05, 4.69) is 94.2 Å². The van der Waals surface area contributed by atoms with Crippen molar-refractivity contribution in [1.82, 2.24) is 9.80 Å². The van der Waals surface area contributed by atoms with Gasteiger partial charge in [-0.15, -0.1) is 0 Å². The first-order valence-electron chi connectivity index (χ1n) is 10.6. The summed E-state index contributed by atoms with van der Waals surface area (Å²) in [6, 6.07) is 20.6. The van der Waals surface area contributed by atoms with Crippen molar-refractivity contribution in [1.29, 1.82) is 0 Å². The average Bonchev–Trinajstić information content (AvgIpc) is 3.02. The van der Waals surface area contributed by atoms with E-state index in [-0.39, 0.29) is 0 Å². The first-order valence-corrected chi connectivity index (χ1v) is 11.4. The summed E-state index contributed by atoms with van der Waals surface area (Å²) in [5.41, 5.74) is 2.77. The highest BCUT2D eigenvalue weighted by atomic mass is 79.9. The standard InChI is InChI=1S/C24H31BrN2O/c1-3-26(4-2)24-21(16-28)20-15-27(14-17-8-6-5-7-9-17)23(22(20)24)18-10-12-19(25)13-11-18/h5-13,20-24,28H,3-4,14-16H2,1-2H3/t20-,21+,22+,23-,24-/m1/s1. The third-order valence-electron chi connectivity index (χ3n) is 6.97. The second kappa shape index (κ2) is 8.66. The molecule has 150 valence electrons. The van der Waals surface area contributed by atoms with E-state index in [0.29, 0.717) is 36.4 Å². The number of likely N-dealkylation sites (tertiary alicyclic amines) is 1. The van der Waals surface area contributed by atoms with E-state index in [1.165, 1.54) is 11.1 Å². The largest absolute Gasteiger partial charge is 0.396 e. The van der Waals surface area contributed by atoms with Crippen molar-refractivity contribution in [2.24, 2.45) is 17.8 Å². The molecule has 1 heterocycles. The van der Waals surface area contributed by atoms with Crippen LogP contribution in [0.25, 0.3) is 0 Å². The molecule has 2 aromatic rings. The number of fused-ring (bicyclic) bond motifs is 1. The monoisotopic (exact) mass is 442 g/mol. The van der Waals surface area contributed by atoms with Crippen molar-refractivity contribution >= 4 is 15.9 Å². The van der Waals surface area contributed by atoms with E-state index in [9.17, 15) is 5.11 Å². The summed E-state index contributed by atoms with van der Waals surface area (Å²) in [5, 5.41) is 10.2. The van der Waals surface area contributed by atoms with Crippen LogP contribution < -0.4 is 0 Å². The minimum atomic E-state index is 0.300. The molecule has 1 aliphatic carbocycles. The maximum atomic E-state index is 10.2. The fraction of sp³-hybridized carbons (Fsp3) is 0.500. The van der Waals surface area contributed by atoms with E-state index < -0.39 is 0 Å². The summed E-state index contributed by atoms with van der Waals surface area (Å²) in [5.74, 6) is 1.55. The van der Waals surface area contributed by atoms with Crippen molar-refractivity contribution in [2.45, 2.75) is 32.5 Å². The predicted molar refractivity (Wildman–Crippen MR) is 118 cm³/mol. The molecule has 2 aromatic carbocycles. The van der Waals surface area contributed by atoms with Crippen LogP contribution in [0.1, 0.15) is 31.0 Å². The maximum Gasteiger partial charge on any atom is 0.0477 e. The van der Waals surface area contributed by atoms with Crippen molar-refractivity contribution in [3.63, 3.8) is 0 Å². The van der Waals surface area contributed by atoms with Crippen LogP contribution in [0.2, 0.25) is 0 Å². The minimum Gasteiger partial charge on any atom is -0.396 e. The summed E-state index contributed by atoms with van der Waals surface area (Å²) >= 11 is 3.59. The lowest BCUT2D eigenvalue weighted by atomic mass is 9.59. The number of hydrogen-bond donors (Lipinski definition) is 1. The average molecular weight is 443 g/mol. The summed E-state index contributed by atoms with van der Waals surface area (Å²) in [6.07, 6.45) is 0. The van der Waals surface area contributed by atoms with E-state index >= 15 is 0 Å². The van der Waals surface area contributed by atoms with E-state index in [1.54, 1.807) is 0 Å². The smallest absolute Gasteiger partial charge is 0.0477 e. The Bertz CT molecular complexity index is 762. The van der Waals surface area contributed by atoms with Gasteiger partial charge in [-0.05, 0) is 48.2 Å². The molecule has 2 fully saturated rings. The van der Waals surface area contributed by atoms with Crippen molar-refractivity contribution in [3.8, 4) is 0 Å². The zero-order valence-electron chi connectivity index (χ0n) is 16.8. The number of benzene rings is 2. The zero-order valence-corrected chi connectivity index (χ0v) is 18.4. The Labute approximate surface area is 177 Å². The molecule has 1 saturated carbocycles. The number of rotatable bonds is 7. The van der Waals surface area contributed by atoms with Gasteiger partial charge in [0.15, 0.2) is 0 Å². The van der Waals surface area contributed by atoms with Gasteiger partial charge in [0, 0.05) is 42.2 Å².